The molecule has 0 aliphatic rings. The first kappa shape index (κ1) is 31.0. The lowest BCUT2D eigenvalue weighted by atomic mass is 10.2. The molecule has 0 amide bonds. The summed E-state index contributed by atoms with van der Waals surface area (Å²) in [6, 6.07) is 0. The molecule has 0 aliphatic heterocycles. The Kier molecular flexibility index (Phi) is 10.9. The first-order chi connectivity index (χ1) is 13.7. The summed E-state index contributed by atoms with van der Waals surface area (Å²) < 4.78 is 27.1. The Balaban J connectivity index is 6.65. The quantitative estimate of drug-likeness (QED) is 0.201. The van der Waals surface area contributed by atoms with Gasteiger partial charge < -0.3 is 16.8 Å². The molecule has 0 saturated heterocycles. The third-order valence-corrected chi connectivity index (χ3v) is 24.2. The van der Waals surface area contributed by atoms with Crippen molar-refractivity contribution < 1.29 is 21.6 Å². The number of carbonyl (C=O) groups excluding carboxylic acids is 1. The fraction of sp³-hybridized carbons (Fsp3) is 0.864. The van der Waals surface area contributed by atoms with Crippen molar-refractivity contribution in [2.75, 3.05) is 0 Å². The minimum atomic E-state index is -3.15. The van der Waals surface area contributed by atoms with Gasteiger partial charge in [0.25, 0.3) is 0 Å². The molecule has 0 aliphatic carbocycles. The van der Waals surface area contributed by atoms with Crippen molar-refractivity contribution in [1.29, 1.82) is 0 Å². The third kappa shape index (κ3) is 8.67. The van der Waals surface area contributed by atoms with Gasteiger partial charge in [0.2, 0.25) is 0 Å². The maximum Gasteiger partial charge on any atom is 0.468 e. The van der Waals surface area contributed by atoms with E-state index in [4.69, 9.17) is 16.8 Å². The van der Waals surface area contributed by atoms with E-state index < -0.39 is 34.0 Å². The van der Waals surface area contributed by atoms with Crippen LogP contribution in [0, 0.1) is 0 Å². The van der Waals surface area contributed by atoms with Gasteiger partial charge >= 0.3 is 23.3 Å². The molecule has 0 rings (SSSR count). The van der Waals surface area contributed by atoms with Crippen molar-refractivity contribution in [3.05, 3.63) is 12.2 Å². The van der Waals surface area contributed by atoms with Crippen LogP contribution in [0.15, 0.2) is 12.2 Å². The molecule has 9 heteroatoms. The molecule has 0 aromatic rings. The predicted molar refractivity (Wildman–Crippen MR) is 142 cm³/mol. The third-order valence-electron chi connectivity index (χ3n) is 6.28. The van der Waals surface area contributed by atoms with Crippen LogP contribution < -0.4 is 0 Å². The molecule has 0 bridgehead atoms. The second-order valence-electron chi connectivity index (χ2n) is 11.6. The van der Waals surface area contributed by atoms with Crippen LogP contribution in [0.3, 0.4) is 0 Å². The Labute approximate surface area is 197 Å². The van der Waals surface area contributed by atoms with Crippen LogP contribution in [-0.4, -0.2) is 40.0 Å². The number of hydrogen-bond acceptors (Lipinski definition) is 5. The largest absolute Gasteiger partial charge is 0.491 e. The van der Waals surface area contributed by atoms with Gasteiger partial charge in [0.1, 0.15) is 0 Å². The van der Waals surface area contributed by atoms with Crippen LogP contribution in [-0.2, 0) is 21.6 Å². The average Bonchev–Trinajstić information content (AvgIpc) is 2.55. The number of hydrogen-bond donors (Lipinski definition) is 0. The van der Waals surface area contributed by atoms with E-state index in [1.54, 1.807) is 6.92 Å². The van der Waals surface area contributed by atoms with Gasteiger partial charge in [-0.05, 0) is 44.7 Å². The van der Waals surface area contributed by atoms with Crippen molar-refractivity contribution in [3.8, 4) is 0 Å². The molecule has 0 spiro atoms. The summed E-state index contributed by atoms with van der Waals surface area (Å²) in [7, 11) is -10.4. The maximum absolute atomic E-state index is 12.8. The summed E-state index contributed by atoms with van der Waals surface area (Å²) in [5.74, 6) is -0.371. The van der Waals surface area contributed by atoms with Gasteiger partial charge in [-0.3, -0.25) is 0 Å². The molecule has 0 N–H and O–H groups in total. The maximum atomic E-state index is 12.8. The van der Waals surface area contributed by atoms with Crippen LogP contribution >= 0.6 is 0 Å². The first-order valence-electron chi connectivity index (χ1n) is 11.7. The zero-order valence-electron chi connectivity index (χ0n) is 22.8. The summed E-state index contributed by atoms with van der Waals surface area (Å²) in [6.07, 6.45) is 1.72. The van der Waals surface area contributed by atoms with Gasteiger partial charge in [-0.2, -0.15) is 0 Å². The van der Waals surface area contributed by atoms with Crippen molar-refractivity contribution >= 4 is 40.0 Å². The molecule has 3 atom stereocenters. The van der Waals surface area contributed by atoms with Crippen LogP contribution in [0.25, 0.3) is 0 Å². The minimum absolute atomic E-state index is 0.0127. The van der Waals surface area contributed by atoms with Gasteiger partial charge in [0.05, 0.1) is 0 Å². The highest BCUT2D eigenvalue weighted by atomic mass is 28.5. The molecule has 0 fully saturated rings. The summed E-state index contributed by atoms with van der Waals surface area (Å²) in [5.41, 5.74) is 0.600. The Morgan fingerprint density at radius 1 is 0.871 bits per heavy atom. The van der Waals surface area contributed by atoms with Crippen LogP contribution in [0.1, 0.15) is 68.2 Å². The topological polar surface area (TPSA) is 54.0 Å². The molecule has 0 saturated carbocycles. The Morgan fingerprint density at radius 2 is 1.29 bits per heavy atom. The molecular formula is C22H50O5Si4. The fourth-order valence-corrected chi connectivity index (χ4v) is 21.3. The minimum Gasteiger partial charge on any atom is -0.491 e. The second kappa shape index (κ2) is 10.9. The summed E-state index contributed by atoms with van der Waals surface area (Å²) in [6.45, 7) is 33.6. The Morgan fingerprint density at radius 3 is 1.58 bits per heavy atom. The van der Waals surface area contributed by atoms with Crippen LogP contribution in [0.2, 0.25) is 55.4 Å². The van der Waals surface area contributed by atoms with Crippen molar-refractivity contribution in [2.24, 2.45) is 0 Å². The predicted octanol–water partition coefficient (Wildman–Crippen LogP) is 7.61. The van der Waals surface area contributed by atoms with Gasteiger partial charge in [0, 0.05) is 23.2 Å². The van der Waals surface area contributed by atoms with Gasteiger partial charge in [0.15, 0.2) is 16.6 Å². The van der Waals surface area contributed by atoms with E-state index in [1.807, 2.05) is 6.55 Å². The van der Waals surface area contributed by atoms with Crippen molar-refractivity contribution in [3.63, 3.8) is 0 Å². The molecule has 0 radical (unpaired) electrons. The summed E-state index contributed by atoms with van der Waals surface area (Å²) >= 11 is 0. The summed E-state index contributed by atoms with van der Waals surface area (Å²) in [5, 5.41) is 0.0127. The standard InChI is InChI=1S/C22H50O5Si4/c1-16-19(5)31(20(6)17-2,24-21(23)18(3)4)27-30(15,25-28(10,11)12)26-29(13,14)22(7,8)9/h19-20H,3,16-17H2,1-2,4-15H3. The lowest BCUT2D eigenvalue weighted by Gasteiger charge is -2.49. The highest BCUT2D eigenvalue weighted by molar-refractivity contribution is 6.90. The van der Waals surface area contributed by atoms with Gasteiger partial charge in [-0.1, -0.05) is 67.9 Å². The van der Waals surface area contributed by atoms with E-state index in [1.165, 1.54) is 0 Å². The zero-order chi connectivity index (χ0) is 25.1. The van der Waals surface area contributed by atoms with E-state index in [0.29, 0.717) is 5.57 Å². The average molecular weight is 507 g/mol. The van der Waals surface area contributed by atoms with E-state index in [0.717, 1.165) is 12.8 Å². The molecule has 3 unspecified atom stereocenters. The van der Waals surface area contributed by atoms with Gasteiger partial charge in [-0.25, -0.2) is 4.79 Å². The molecule has 0 aromatic carbocycles. The van der Waals surface area contributed by atoms with Crippen molar-refractivity contribution in [1.82, 2.24) is 0 Å². The normalized spacial score (nSPS) is 19.2. The molecule has 0 aromatic heterocycles. The highest BCUT2D eigenvalue weighted by Gasteiger charge is 2.59. The van der Waals surface area contributed by atoms with E-state index in [2.05, 4.69) is 87.8 Å². The van der Waals surface area contributed by atoms with Crippen molar-refractivity contribution in [2.45, 2.75) is 124 Å². The van der Waals surface area contributed by atoms with Crippen LogP contribution in [0.5, 0.6) is 0 Å². The lowest BCUT2D eigenvalue weighted by molar-refractivity contribution is -0.132. The molecule has 184 valence electrons. The number of rotatable bonds is 12. The van der Waals surface area contributed by atoms with E-state index >= 15 is 0 Å². The SMILES string of the molecule is C=C(C)C(=O)O[Si](O[Si](C)(O[Si](C)(C)C)O[Si](C)(C)C(C)(C)C)(C(C)CC)C(C)CC. The lowest BCUT2D eigenvalue weighted by Crippen LogP contribution is -2.65. The highest BCUT2D eigenvalue weighted by Crippen LogP contribution is 2.45. The van der Waals surface area contributed by atoms with E-state index in [-0.39, 0.29) is 22.1 Å². The number of carbonyl (C=O) groups is 1. The Bertz CT molecular complexity index is 614. The van der Waals surface area contributed by atoms with Gasteiger partial charge in [-0.15, -0.1) is 0 Å². The molecule has 5 nitrogen and oxygen atoms in total. The zero-order valence-corrected chi connectivity index (χ0v) is 26.8. The Hall–Kier alpha value is -0.0425. The summed E-state index contributed by atoms with van der Waals surface area (Å²) in [4.78, 5) is 12.8. The molecular weight excluding hydrogens is 457 g/mol. The molecule has 31 heavy (non-hydrogen) atoms. The molecule has 0 heterocycles. The smallest absolute Gasteiger partial charge is 0.468 e. The fourth-order valence-electron chi connectivity index (χ4n) is 3.23. The first-order valence-corrected chi connectivity index (χ1v) is 22.2. The second-order valence-corrected chi connectivity index (χ2v) is 28.1. The van der Waals surface area contributed by atoms with E-state index in [9.17, 15) is 4.79 Å². The monoisotopic (exact) mass is 506 g/mol. The van der Waals surface area contributed by atoms with Crippen LogP contribution in [0.4, 0.5) is 0 Å².